The quantitative estimate of drug-likeness (QED) is 0.453. The van der Waals surface area contributed by atoms with Crippen LogP contribution >= 0.6 is 11.6 Å². The van der Waals surface area contributed by atoms with E-state index in [4.69, 9.17) is 16.3 Å². The molecule has 10 nitrogen and oxygen atoms in total. The fourth-order valence-corrected chi connectivity index (χ4v) is 5.61. The lowest BCUT2D eigenvalue weighted by Crippen LogP contribution is -2.68. The van der Waals surface area contributed by atoms with Crippen LogP contribution in [0.5, 0.6) is 0 Å². The number of nitrogens with one attached hydrogen (secondary N) is 3. The van der Waals surface area contributed by atoms with Gasteiger partial charge in [-0.25, -0.2) is 13.9 Å². The van der Waals surface area contributed by atoms with Crippen LogP contribution in [0.2, 0.25) is 5.02 Å². The normalized spacial score (nSPS) is 15.3. The Bertz CT molecular complexity index is 1400. The molecule has 3 N–H and O–H groups in total. The van der Waals surface area contributed by atoms with Gasteiger partial charge in [0.15, 0.2) is 0 Å². The molecule has 1 aliphatic rings. The van der Waals surface area contributed by atoms with E-state index in [1.54, 1.807) is 39.0 Å². The largest absolute Gasteiger partial charge is 0.443 e. The number of rotatable bonds is 7. The van der Waals surface area contributed by atoms with E-state index in [-0.39, 0.29) is 35.3 Å². The molecule has 1 fully saturated rings. The van der Waals surface area contributed by atoms with Gasteiger partial charge in [-0.05, 0) is 49.9 Å². The summed E-state index contributed by atoms with van der Waals surface area (Å²) in [6.07, 6.45) is -1.15. The molecule has 39 heavy (non-hydrogen) atoms. The Morgan fingerprint density at radius 3 is 2.31 bits per heavy atom. The van der Waals surface area contributed by atoms with Crippen molar-refractivity contribution in [2.75, 3.05) is 25.5 Å². The molecule has 212 valence electrons. The van der Waals surface area contributed by atoms with E-state index in [9.17, 15) is 27.2 Å². The summed E-state index contributed by atoms with van der Waals surface area (Å²) in [6, 6.07) is 9.13. The third kappa shape index (κ3) is 6.51. The van der Waals surface area contributed by atoms with E-state index in [0.29, 0.717) is 5.56 Å². The van der Waals surface area contributed by atoms with E-state index < -0.39 is 45.0 Å². The van der Waals surface area contributed by atoms with Gasteiger partial charge in [-0.2, -0.15) is 12.7 Å². The highest BCUT2D eigenvalue weighted by Gasteiger charge is 2.56. The Kier molecular flexibility index (Phi) is 8.63. The summed E-state index contributed by atoms with van der Waals surface area (Å²) in [7, 11) is -2.99. The van der Waals surface area contributed by atoms with Gasteiger partial charge in [-0.15, -0.1) is 0 Å². The van der Waals surface area contributed by atoms with Crippen LogP contribution in [0.4, 0.5) is 14.9 Å². The number of anilines is 1. The predicted octanol–water partition coefficient (Wildman–Crippen LogP) is 3.92. The Morgan fingerprint density at radius 1 is 1.13 bits per heavy atom. The standard InChI is InChI=1S/C26H32ClFN4O6S/c1-15(2)16-9-7-8-10-18(16)26(13-32(14-26)39(36,37)31-24(35)38-25(3,4)5)23(34)30-21-12-20(28)19(27)11-17(21)22(33)29-6/h7-12,15H,13-14H2,1-6H3,(H,29,33)(H,30,34)(H,31,35). The molecular weight excluding hydrogens is 551 g/mol. The van der Waals surface area contributed by atoms with Crippen molar-refractivity contribution in [2.24, 2.45) is 0 Å². The topological polar surface area (TPSA) is 134 Å². The summed E-state index contributed by atoms with van der Waals surface area (Å²) in [5.74, 6) is -2.14. The number of amides is 3. The number of hydrogen-bond donors (Lipinski definition) is 3. The van der Waals surface area contributed by atoms with Crippen molar-refractivity contribution < 1.29 is 31.9 Å². The molecule has 0 spiro atoms. The molecule has 3 amide bonds. The minimum absolute atomic E-state index is 0.0224. The lowest BCUT2D eigenvalue weighted by Gasteiger charge is -2.48. The number of hydrogen-bond acceptors (Lipinski definition) is 6. The Morgan fingerprint density at radius 2 is 1.74 bits per heavy atom. The molecule has 0 atom stereocenters. The molecule has 1 saturated heterocycles. The van der Waals surface area contributed by atoms with E-state index in [2.05, 4.69) is 10.6 Å². The van der Waals surface area contributed by atoms with Crippen molar-refractivity contribution in [2.45, 2.75) is 51.6 Å². The highest BCUT2D eigenvalue weighted by atomic mass is 35.5. The Labute approximate surface area is 232 Å². The minimum Gasteiger partial charge on any atom is -0.443 e. The maximum absolute atomic E-state index is 14.4. The first-order chi connectivity index (χ1) is 18.0. The summed E-state index contributed by atoms with van der Waals surface area (Å²) in [4.78, 5) is 38.5. The molecule has 0 aliphatic carbocycles. The van der Waals surface area contributed by atoms with Crippen LogP contribution < -0.4 is 15.4 Å². The first kappa shape index (κ1) is 30.3. The van der Waals surface area contributed by atoms with Crippen LogP contribution in [-0.4, -0.2) is 56.4 Å². The van der Waals surface area contributed by atoms with Gasteiger partial charge >= 0.3 is 16.3 Å². The van der Waals surface area contributed by atoms with E-state index in [1.165, 1.54) is 7.05 Å². The lowest BCUT2D eigenvalue weighted by atomic mass is 9.71. The van der Waals surface area contributed by atoms with Crippen molar-refractivity contribution in [3.8, 4) is 0 Å². The Hall–Kier alpha value is -3.22. The van der Waals surface area contributed by atoms with E-state index in [1.807, 2.05) is 24.6 Å². The third-order valence-corrected chi connectivity index (χ3v) is 7.81. The Balaban J connectivity index is 2.01. The SMILES string of the molecule is CNC(=O)c1cc(Cl)c(F)cc1NC(=O)C1(c2ccccc2C(C)C)CN(S(=O)(=O)NC(=O)OC(C)(C)C)C1. The summed E-state index contributed by atoms with van der Waals surface area (Å²) >= 11 is 5.87. The molecule has 3 rings (SSSR count). The van der Waals surface area contributed by atoms with Crippen molar-refractivity contribution in [1.82, 2.24) is 14.3 Å². The maximum Gasteiger partial charge on any atom is 0.422 e. The fraction of sp³-hybridized carbons (Fsp3) is 0.423. The van der Waals surface area contributed by atoms with Crippen LogP contribution in [0.3, 0.4) is 0 Å². The summed E-state index contributed by atoms with van der Waals surface area (Å²) in [6.45, 7) is 7.98. The van der Waals surface area contributed by atoms with E-state index in [0.717, 1.165) is 22.0 Å². The van der Waals surface area contributed by atoms with Crippen LogP contribution in [-0.2, 0) is 25.2 Å². The van der Waals surface area contributed by atoms with Crippen LogP contribution in [0, 0.1) is 5.82 Å². The highest BCUT2D eigenvalue weighted by molar-refractivity contribution is 7.87. The fourth-order valence-electron chi connectivity index (χ4n) is 4.28. The number of nitrogens with zero attached hydrogens (tertiary/aromatic N) is 1. The van der Waals surface area contributed by atoms with Gasteiger partial charge in [0.1, 0.15) is 16.8 Å². The van der Waals surface area contributed by atoms with Gasteiger partial charge in [-0.3, -0.25) is 9.59 Å². The van der Waals surface area contributed by atoms with Gasteiger partial charge in [-0.1, -0.05) is 49.7 Å². The molecule has 0 radical (unpaired) electrons. The first-order valence-electron chi connectivity index (χ1n) is 12.1. The summed E-state index contributed by atoms with van der Waals surface area (Å²) < 4.78 is 48.1. The number of carbonyl (C=O) groups is 3. The van der Waals surface area contributed by atoms with Gasteiger partial charge in [0.2, 0.25) is 5.91 Å². The van der Waals surface area contributed by atoms with Crippen LogP contribution in [0.15, 0.2) is 36.4 Å². The van der Waals surface area contributed by atoms with Crippen molar-refractivity contribution >= 4 is 45.4 Å². The molecule has 0 saturated carbocycles. The molecule has 1 heterocycles. The maximum atomic E-state index is 14.4. The summed E-state index contributed by atoms with van der Waals surface area (Å²) in [5, 5.41) is 4.72. The highest BCUT2D eigenvalue weighted by Crippen LogP contribution is 2.41. The minimum atomic E-state index is -4.36. The average Bonchev–Trinajstić information content (AvgIpc) is 2.78. The van der Waals surface area contributed by atoms with E-state index >= 15 is 0 Å². The first-order valence-corrected chi connectivity index (χ1v) is 14.0. The molecule has 0 unspecified atom stereocenters. The lowest BCUT2D eigenvalue weighted by molar-refractivity contribution is -0.125. The van der Waals surface area contributed by atoms with Crippen molar-refractivity contribution in [3.63, 3.8) is 0 Å². The zero-order chi connectivity index (χ0) is 29.3. The number of halogens is 2. The monoisotopic (exact) mass is 582 g/mol. The van der Waals surface area contributed by atoms with Crippen molar-refractivity contribution in [3.05, 3.63) is 63.9 Å². The second-order valence-corrected chi connectivity index (χ2v) is 12.6. The third-order valence-electron chi connectivity index (χ3n) is 6.16. The van der Waals surface area contributed by atoms with Crippen LogP contribution in [0.1, 0.15) is 62.0 Å². The number of carbonyl (C=O) groups excluding carboxylic acids is 3. The molecule has 0 bridgehead atoms. The number of ether oxygens (including phenoxy) is 1. The van der Waals surface area contributed by atoms with Gasteiger partial charge < -0.3 is 15.4 Å². The predicted molar refractivity (Wildman–Crippen MR) is 146 cm³/mol. The van der Waals surface area contributed by atoms with Crippen molar-refractivity contribution in [1.29, 1.82) is 0 Å². The molecule has 2 aromatic carbocycles. The summed E-state index contributed by atoms with van der Waals surface area (Å²) in [5.41, 5.74) is -1.17. The van der Waals surface area contributed by atoms with Gasteiger partial charge in [0.05, 0.1) is 16.3 Å². The molecule has 0 aromatic heterocycles. The average molecular weight is 583 g/mol. The number of benzene rings is 2. The smallest absolute Gasteiger partial charge is 0.422 e. The second-order valence-electron chi connectivity index (χ2n) is 10.5. The van der Waals surface area contributed by atoms with Gasteiger partial charge in [0.25, 0.3) is 5.91 Å². The molecule has 2 aromatic rings. The zero-order valence-electron chi connectivity index (χ0n) is 22.5. The molecule has 1 aliphatic heterocycles. The zero-order valence-corrected chi connectivity index (χ0v) is 24.1. The second kappa shape index (κ2) is 11.1. The molecular formula is C26H32ClFN4O6S. The van der Waals surface area contributed by atoms with Gasteiger partial charge in [0, 0.05) is 20.1 Å². The molecule has 13 heteroatoms. The van der Waals surface area contributed by atoms with Crippen LogP contribution in [0.25, 0.3) is 0 Å².